The number of aromatic nitrogens is 7. The number of nitrogens with one attached hydrogen (secondary N) is 2. The topological polar surface area (TPSA) is 137 Å². The maximum Gasteiger partial charge on any atom is 0.315 e. The molecule has 0 radical (unpaired) electrons. The van der Waals surface area contributed by atoms with Crippen LogP contribution in [-0.2, 0) is 12.5 Å². The minimum absolute atomic E-state index is 0.144. The average Bonchev–Trinajstić information content (AvgIpc) is 3.45. The van der Waals surface area contributed by atoms with Crippen molar-refractivity contribution in [1.29, 1.82) is 0 Å². The van der Waals surface area contributed by atoms with Crippen molar-refractivity contribution < 1.29 is 13.7 Å². The molecule has 12 heteroatoms. The fraction of sp³-hybridized carbons (Fsp3) is 0.348. The van der Waals surface area contributed by atoms with Gasteiger partial charge in [-0.1, -0.05) is 32.0 Å². The van der Waals surface area contributed by atoms with E-state index in [-0.39, 0.29) is 28.6 Å². The molecule has 0 unspecified atom stereocenters. The highest BCUT2D eigenvalue weighted by atomic mass is 19.1. The van der Waals surface area contributed by atoms with E-state index in [9.17, 15) is 4.79 Å². The van der Waals surface area contributed by atoms with Gasteiger partial charge in [0.25, 0.3) is 0 Å². The molecule has 1 aromatic carbocycles. The summed E-state index contributed by atoms with van der Waals surface area (Å²) in [7, 11) is 1.79. The second kappa shape index (κ2) is 9.20. The predicted molar refractivity (Wildman–Crippen MR) is 125 cm³/mol. The lowest BCUT2D eigenvalue weighted by Crippen LogP contribution is -2.28. The number of carbonyl (C=O) groups is 1. The van der Waals surface area contributed by atoms with Gasteiger partial charge in [0.2, 0.25) is 5.95 Å². The van der Waals surface area contributed by atoms with Crippen molar-refractivity contribution >= 4 is 17.7 Å². The fourth-order valence-corrected chi connectivity index (χ4v) is 3.38. The Kier molecular flexibility index (Phi) is 6.29. The molecule has 0 saturated carbocycles. The zero-order valence-corrected chi connectivity index (χ0v) is 20.3. The van der Waals surface area contributed by atoms with Gasteiger partial charge < -0.3 is 15.2 Å². The molecular weight excluding hydrogens is 453 g/mol. The van der Waals surface area contributed by atoms with Gasteiger partial charge in [0.05, 0.1) is 11.6 Å². The third-order valence-corrected chi connectivity index (χ3v) is 5.30. The summed E-state index contributed by atoms with van der Waals surface area (Å²) in [5.74, 6) is 0.217. The van der Waals surface area contributed by atoms with Crippen LogP contribution in [0.5, 0.6) is 0 Å². The summed E-state index contributed by atoms with van der Waals surface area (Å²) in [6, 6.07) is 4.54. The van der Waals surface area contributed by atoms with Crippen LogP contribution >= 0.6 is 0 Å². The van der Waals surface area contributed by atoms with E-state index in [0.29, 0.717) is 22.8 Å². The van der Waals surface area contributed by atoms with Crippen LogP contribution in [-0.4, -0.2) is 40.8 Å². The van der Waals surface area contributed by atoms with Gasteiger partial charge >= 0.3 is 11.8 Å². The number of aryl methyl sites for hydroxylation is 1. The summed E-state index contributed by atoms with van der Waals surface area (Å²) in [6.45, 7) is 9.13. The molecule has 4 aromatic rings. The van der Waals surface area contributed by atoms with Crippen LogP contribution in [0, 0.1) is 12.7 Å². The Morgan fingerprint density at radius 1 is 1.17 bits per heavy atom. The highest BCUT2D eigenvalue weighted by Gasteiger charge is 2.25. The smallest absolute Gasteiger partial charge is 0.315 e. The number of halogens is 1. The minimum Gasteiger partial charge on any atom is -0.341 e. The SMILES string of the molecule is Cc1c([C@@H](C)NC(=O)c2nc(C(C)(C)C)no2)ccc(-c2ncnc(Nc3ccn(C)n3)n2)c1F. The van der Waals surface area contributed by atoms with Gasteiger partial charge in [0.15, 0.2) is 17.5 Å². The highest BCUT2D eigenvalue weighted by Crippen LogP contribution is 2.28. The molecule has 182 valence electrons. The van der Waals surface area contributed by atoms with E-state index in [1.165, 1.54) is 6.33 Å². The van der Waals surface area contributed by atoms with Crippen molar-refractivity contribution in [1.82, 2.24) is 40.2 Å². The van der Waals surface area contributed by atoms with Crippen molar-refractivity contribution in [2.75, 3.05) is 5.32 Å². The largest absolute Gasteiger partial charge is 0.341 e. The molecule has 11 nitrogen and oxygen atoms in total. The molecule has 3 aromatic heterocycles. The molecule has 0 saturated heterocycles. The Labute approximate surface area is 201 Å². The highest BCUT2D eigenvalue weighted by molar-refractivity contribution is 5.89. The third-order valence-electron chi connectivity index (χ3n) is 5.30. The molecule has 0 aliphatic heterocycles. The van der Waals surface area contributed by atoms with Crippen molar-refractivity contribution in [3.8, 4) is 11.4 Å². The zero-order valence-electron chi connectivity index (χ0n) is 20.3. The second-order valence-electron chi connectivity index (χ2n) is 9.14. The van der Waals surface area contributed by atoms with Crippen molar-refractivity contribution in [2.24, 2.45) is 7.05 Å². The molecule has 0 aliphatic carbocycles. The van der Waals surface area contributed by atoms with E-state index in [0.717, 1.165) is 0 Å². The molecule has 1 amide bonds. The Morgan fingerprint density at radius 3 is 2.60 bits per heavy atom. The zero-order chi connectivity index (χ0) is 25.3. The molecule has 0 spiro atoms. The number of anilines is 2. The molecule has 2 N–H and O–H groups in total. The van der Waals surface area contributed by atoms with E-state index in [2.05, 4.69) is 40.8 Å². The normalized spacial score (nSPS) is 12.4. The Balaban J connectivity index is 1.53. The predicted octanol–water partition coefficient (Wildman–Crippen LogP) is 3.63. The summed E-state index contributed by atoms with van der Waals surface area (Å²) in [5.41, 5.74) is 0.806. The van der Waals surface area contributed by atoms with Crippen molar-refractivity contribution in [2.45, 2.75) is 46.1 Å². The van der Waals surface area contributed by atoms with Crippen LogP contribution in [0.25, 0.3) is 11.4 Å². The molecule has 35 heavy (non-hydrogen) atoms. The lowest BCUT2D eigenvalue weighted by molar-refractivity contribution is 0.0895. The lowest BCUT2D eigenvalue weighted by atomic mass is 9.96. The van der Waals surface area contributed by atoms with Crippen LogP contribution in [0.2, 0.25) is 0 Å². The van der Waals surface area contributed by atoms with E-state index >= 15 is 4.39 Å². The monoisotopic (exact) mass is 479 g/mol. The molecular formula is C23H26FN9O2. The number of nitrogens with zero attached hydrogens (tertiary/aromatic N) is 7. The second-order valence-corrected chi connectivity index (χ2v) is 9.14. The molecule has 0 bridgehead atoms. The summed E-state index contributed by atoms with van der Waals surface area (Å²) >= 11 is 0. The number of carbonyl (C=O) groups excluding carboxylic acids is 1. The first kappa shape index (κ1) is 23.9. The summed E-state index contributed by atoms with van der Waals surface area (Å²) in [5, 5.41) is 13.8. The molecule has 0 aliphatic rings. The molecule has 1 atom stereocenters. The fourth-order valence-electron chi connectivity index (χ4n) is 3.38. The van der Waals surface area contributed by atoms with Crippen LogP contribution < -0.4 is 10.6 Å². The van der Waals surface area contributed by atoms with Crippen molar-refractivity contribution in [3.63, 3.8) is 0 Å². The van der Waals surface area contributed by atoms with E-state index in [1.54, 1.807) is 50.0 Å². The van der Waals surface area contributed by atoms with Gasteiger partial charge in [-0.15, -0.1) is 0 Å². The summed E-state index contributed by atoms with van der Waals surface area (Å²) < 4.78 is 22.1. The first-order valence-electron chi connectivity index (χ1n) is 10.9. The van der Waals surface area contributed by atoms with Crippen LogP contribution in [0.1, 0.15) is 61.4 Å². The number of benzene rings is 1. The Morgan fingerprint density at radius 2 is 1.94 bits per heavy atom. The maximum absolute atomic E-state index is 15.4. The Bertz CT molecular complexity index is 1370. The van der Waals surface area contributed by atoms with E-state index in [1.807, 2.05) is 20.8 Å². The van der Waals surface area contributed by atoms with Gasteiger partial charge in [-0.25, -0.2) is 14.4 Å². The van der Waals surface area contributed by atoms with Gasteiger partial charge in [0, 0.05) is 24.7 Å². The van der Waals surface area contributed by atoms with Crippen molar-refractivity contribution in [3.05, 3.63) is 59.4 Å². The van der Waals surface area contributed by atoms with E-state index < -0.39 is 17.8 Å². The van der Waals surface area contributed by atoms with E-state index in [4.69, 9.17) is 4.52 Å². The Hall–Kier alpha value is -4.22. The number of rotatable bonds is 6. The molecule has 3 heterocycles. The van der Waals surface area contributed by atoms with Gasteiger partial charge in [-0.05, 0) is 31.0 Å². The van der Waals surface area contributed by atoms with Crippen LogP contribution in [0.15, 0.2) is 35.2 Å². The minimum atomic E-state index is -0.535. The average molecular weight is 480 g/mol. The first-order valence-corrected chi connectivity index (χ1v) is 10.9. The van der Waals surface area contributed by atoms with Crippen LogP contribution in [0.4, 0.5) is 16.2 Å². The molecule has 4 rings (SSSR count). The first-order chi connectivity index (χ1) is 16.5. The van der Waals surface area contributed by atoms with Crippen LogP contribution in [0.3, 0.4) is 0 Å². The van der Waals surface area contributed by atoms with Gasteiger partial charge in [-0.3, -0.25) is 9.48 Å². The van der Waals surface area contributed by atoms with Gasteiger partial charge in [-0.2, -0.15) is 15.1 Å². The number of amides is 1. The van der Waals surface area contributed by atoms with Gasteiger partial charge in [0.1, 0.15) is 12.1 Å². The standard InChI is InChI=1S/C23H26FN9O2/c1-12-14(13(2)27-19(34)20-30-21(32-35-20)23(3,4)5)7-8-15(17(12)24)18-25-11-26-22(29-18)28-16-9-10-33(6)31-16/h7-11,13H,1-6H3,(H,27,34)(H,25,26,28,29,31)/t13-/m1/s1. The molecule has 0 fully saturated rings. The maximum atomic E-state index is 15.4. The quantitative estimate of drug-likeness (QED) is 0.425. The third kappa shape index (κ3) is 5.15. The number of hydrogen-bond donors (Lipinski definition) is 2. The summed E-state index contributed by atoms with van der Waals surface area (Å²) in [4.78, 5) is 29.3. The number of hydrogen-bond acceptors (Lipinski definition) is 9. The summed E-state index contributed by atoms with van der Waals surface area (Å²) in [6.07, 6.45) is 3.07. The lowest BCUT2D eigenvalue weighted by Gasteiger charge is -2.17.